The molecule has 0 aromatic heterocycles. The Balaban J connectivity index is 2.03. The van der Waals surface area contributed by atoms with E-state index < -0.39 is 0 Å². The Morgan fingerprint density at radius 1 is 1.25 bits per heavy atom. The molecule has 0 aliphatic carbocycles. The molecule has 90 valence electrons. The molecule has 0 spiro atoms. The molecular formula is C12H21N3O. The summed E-state index contributed by atoms with van der Waals surface area (Å²) in [5, 5.41) is 0. The van der Waals surface area contributed by atoms with Crippen LogP contribution in [0.2, 0.25) is 0 Å². The molecule has 0 amide bonds. The van der Waals surface area contributed by atoms with Gasteiger partial charge in [0.15, 0.2) is 0 Å². The molecule has 4 heteroatoms. The van der Waals surface area contributed by atoms with Gasteiger partial charge in [-0.05, 0) is 12.6 Å². The van der Waals surface area contributed by atoms with Gasteiger partial charge in [-0.3, -0.25) is 11.3 Å². The van der Waals surface area contributed by atoms with Gasteiger partial charge in [-0.25, -0.2) is 0 Å². The maximum Gasteiger partial charge on any atom is 0.0717 e. The second kappa shape index (κ2) is 8.24. The molecule has 0 atom stereocenters. The van der Waals surface area contributed by atoms with Gasteiger partial charge in [-0.15, -0.1) is 0 Å². The zero-order valence-corrected chi connectivity index (χ0v) is 9.86. The Bertz CT molecular complexity index is 266. The van der Waals surface area contributed by atoms with E-state index >= 15 is 0 Å². The van der Waals surface area contributed by atoms with Crippen LogP contribution in [-0.4, -0.2) is 38.2 Å². The molecule has 4 nitrogen and oxygen atoms in total. The van der Waals surface area contributed by atoms with Crippen LogP contribution >= 0.6 is 0 Å². The van der Waals surface area contributed by atoms with E-state index in [1.807, 2.05) is 18.2 Å². The van der Waals surface area contributed by atoms with Crippen LogP contribution in [0.3, 0.4) is 0 Å². The van der Waals surface area contributed by atoms with Gasteiger partial charge in [0.05, 0.1) is 13.2 Å². The highest BCUT2D eigenvalue weighted by Crippen LogP contribution is 2.00. The molecule has 0 bridgehead atoms. The van der Waals surface area contributed by atoms with Crippen molar-refractivity contribution < 1.29 is 4.74 Å². The van der Waals surface area contributed by atoms with Crippen molar-refractivity contribution in [2.75, 3.05) is 33.3 Å². The van der Waals surface area contributed by atoms with E-state index in [-0.39, 0.29) is 0 Å². The van der Waals surface area contributed by atoms with Crippen LogP contribution < -0.4 is 11.3 Å². The Hall–Kier alpha value is -0.940. The van der Waals surface area contributed by atoms with Crippen LogP contribution in [0.5, 0.6) is 0 Å². The first-order chi connectivity index (χ1) is 7.83. The number of nitrogens with zero attached hydrogens (tertiary/aromatic N) is 1. The van der Waals surface area contributed by atoms with E-state index in [1.165, 1.54) is 5.56 Å². The minimum absolute atomic E-state index is 0.684. The molecule has 1 aromatic rings. The molecular weight excluding hydrogens is 202 g/mol. The number of hydrazine groups is 1. The molecule has 0 radical (unpaired) electrons. The Labute approximate surface area is 97.4 Å². The number of benzene rings is 1. The number of hydrogen-bond acceptors (Lipinski definition) is 4. The number of likely N-dealkylation sites (N-methyl/N-ethyl adjacent to an activating group) is 1. The normalized spacial score (nSPS) is 10.9. The van der Waals surface area contributed by atoms with Crippen molar-refractivity contribution in [1.82, 2.24) is 10.3 Å². The first kappa shape index (κ1) is 13.1. The fraction of sp³-hybridized carbons (Fsp3) is 0.500. The van der Waals surface area contributed by atoms with Gasteiger partial charge in [-0.2, -0.15) is 0 Å². The van der Waals surface area contributed by atoms with Crippen LogP contribution in [0.25, 0.3) is 0 Å². The topological polar surface area (TPSA) is 50.5 Å². The van der Waals surface area contributed by atoms with Gasteiger partial charge < -0.3 is 9.64 Å². The fourth-order valence-corrected chi connectivity index (χ4v) is 1.35. The van der Waals surface area contributed by atoms with Crippen molar-refractivity contribution in [1.29, 1.82) is 0 Å². The van der Waals surface area contributed by atoms with E-state index in [1.54, 1.807) is 0 Å². The highest BCUT2D eigenvalue weighted by molar-refractivity contribution is 5.13. The van der Waals surface area contributed by atoms with Crippen LogP contribution in [0, 0.1) is 0 Å². The summed E-state index contributed by atoms with van der Waals surface area (Å²) in [7, 11) is 2.06. The summed E-state index contributed by atoms with van der Waals surface area (Å²) in [4.78, 5) is 2.19. The fourth-order valence-electron chi connectivity index (χ4n) is 1.35. The predicted molar refractivity (Wildman–Crippen MR) is 65.8 cm³/mol. The lowest BCUT2D eigenvalue weighted by atomic mass is 10.2. The first-order valence-electron chi connectivity index (χ1n) is 5.56. The lowest BCUT2D eigenvalue weighted by molar-refractivity contribution is 0.0998. The van der Waals surface area contributed by atoms with E-state index in [0.29, 0.717) is 6.61 Å². The van der Waals surface area contributed by atoms with Crippen molar-refractivity contribution in [2.24, 2.45) is 5.84 Å². The predicted octanol–water partition coefficient (Wildman–Crippen LogP) is 0.598. The molecule has 0 fully saturated rings. The summed E-state index contributed by atoms with van der Waals surface area (Å²) >= 11 is 0. The van der Waals surface area contributed by atoms with Gasteiger partial charge in [0.2, 0.25) is 0 Å². The Morgan fingerprint density at radius 3 is 2.69 bits per heavy atom. The van der Waals surface area contributed by atoms with E-state index in [9.17, 15) is 0 Å². The minimum Gasteiger partial charge on any atom is -0.375 e. The van der Waals surface area contributed by atoms with Crippen LogP contribution in [0.15, 0.2) is 30.3 Å². The number of nitrogens with two attached hydrogens (primary N) is 1. The quantitative estimate of drug-likeness (QED) is 0.385. The molecule has 16 heavy (non-hydrogen) atoms. The third-order valence-electron chi connectivity index (χ3n) is 2.37. The second-order valence-corrected chi connectivity index (χ2v) is 3.80. The molecule has 0 unspecified atom stereocenters. The average Bonchev–Trinajstić information content (AvgIpc) is 2.33. The number of hydrogen-bond donors (Lipinski definition) is 2. The lowest BCUT2D eigenvalue weighted by Gasteiger charge is -2.15. The Kier molecular flexibility index (Phi) is 6.76. The van der Waals surface area contributed by atoms with Crippen LogP contribution in [-0.2, 0) is 11.3 Å². The maximum absolute atomic E-state index is 5.58. The summed E-state index contributed by atoms with van der Waals surface area (Å²) in [5.74, 6) is 5.20. The van der Waals surface area contributed by atoms with Crippen molar-refractivity contribution in [3.8, 4) is 0 Å². The minimum atomic E-state index is 0.684. The largest absolute Gasteiger partial charge is 0.375 e. The van der Waals surface area contributed by atoms with Gasteiger partial charge in [-0.1, -0.05) is 30.3 Å². The number of ether oxygens (including phenoxy) is 1. The molecule has 1 rings (SSSR count). The monoisotopic (exact) mass is 223 g/mol. The highest BCUT2D eigenvalue weighted by atomic mass is 16.5. The second-order valence-electron chi connectivity index (χ2n) is 3.80. The van der Waals surface area contributed by atoms with Crippen molar-refractivity contribution >= 4 is 0 Å². The third-order valence-corrected chi connectivity index (χ3v) is 2.37. The summed E-state index contributed by atoms with van der Waals surface area (Å²) in [6.45, 7) is 4.09. The van der Waals surface area contributed by atoms with Crippen LogP contribution in [0.4, 0.5) is 0 Å². The van der Waals surface area contributed by atoms with Crippen molar-refractivity contribution in [3.63, 3.8) is 0 Å². The summed E-state index contributed by atoms with van der Waals surface area (Å²) in [6.07, 6.45) is 0. The van der Waals surface area contributed by atoms with Crippen molar-refractivity contribution in [3.05, 3.63) is 35.9 Å². The third kappa shape index (κ3) is 5.82. The van der Waals surface area contributed by atoms with Crippen LogP contribution in [0.1, 0.15) is 5.56 Å². The van der Waals surface area contributed by atoms with E-state index in [0.717, 1.165) is 26.2 Å². The van der Waals surface area contributed by atoms with E-state index in [4.69, 9.17) is 10.6 Å². The summed E-state index contributed by atoms with van der Waals surface area (Å²) < 4.78 is 5.58. The first-order valence-corrected chi connectivity index (χ1v) is 5.56. The highest BCUT2D eigenvalue weighted by Gasteiger charge is 1.97. The SMILES string of the molecule is CN(CCNN)CCOCc1ccccc1. The molecule has 0 aliphatic rings. The van der Waals surface area contributed by atoms with Gasteiger partial charge in [0.25, 0.3) is 0 Å². The molecule has 1 aromatic carbocycles. The van der Waals surface area contributed by atoms with E-state index in [2.05, 4.69) is 29.5 Å². The van der Waals surface area contributed by atoms with Gasteiger partial charge in [0, 0.05) is 19.6 Å². The summed E-state index contributed by atoms with van der Waals surface area (Å²) in [6, 6.07) is 10.2. The smallest absolute Gasteiger partial charge is 0.0717 e. The van der Waals surface area contributed by atoms with Gasteiger partial charge in [0.1, 0.15) is 0 Å². The molecule has 0 aliphatic heterocycles. The number of nitrogens with one attached hydrogen (secondary N) is 1. The molecule has 3 N–H and O–H groups in total. The number of rotatable bonds is 8. The van der Waals surface area contributed by atoms with Gasteiger partial charge >= 0.3 is 0 Å². The lowest BCUT2D eigenvalue weighted by Crippen LogP contribution is -2.34. The van der Waals surface area contributed by atoms with Crippen molar-refractivity contribution in [2.45, 2.75) is 6.61 Å². The molecule has 0 saturated carbocycles. The Morgan fingerprint density at radius 2 is 2.00 bits per heavy atom. The molecule has 0 saturated heterocycles. The summed E-state index contributed by atoms with van der Waals surface area (Å²) in [5.41, 5.74) is 3.85. The maximum atomic E-state index is 5.58. The average molecular weight is 223 g/mol. The standard InChI is InChI=1S/C12H21N3O/c1-15(8-7-14-13)9-10-16-11-12-5-3-2-4-6-12/h2-6,14H,7-11,13H2,1H3. The zero-order valence-electron chi connectivity index (χ0n) is 9.86. The zero-order chi connectivity index (χ0) is 11.6. The molecule has 0 heterocycles.